The van der Waals surface area contributed by atoms with E-state index in [9.17, 15) is 13.2 Å². The molecule has 38 heavy (non-hydrogen) atoms. The van der Waals surface area contributed by atoms with Gasteiger partial charge in [-0.05, 0) is 67.6 Å². The first-order chi connectivity index (χ1) is 18.3. The maximum Gasteiger partial charge on any atom is 0.260 e. The molecule has 3 aromatic rings. The van der Waals surface area contributed by atoms with Crippen molar-refractivity contribution in [3.8, 4) is 0 Å². The van der Waals surface area contributed by atoms with Crippen LogP contribution >= 0.6 is 27.3 Å². The number of nitrogens with zero attached hydrogens (tertiary/aromatic N) is 4. The summed E-state index contributed by atoms with van der Waals surface area (Å²) in [4.78, 5) is 22.8. The van der Waals surface area contributed by atoms with Crippen LogP contribution in [0.2, 0.25) is 0 Å². The lowest BCUT2D eigenvalue weighted by molar-refractivity contribution is 0.0376. The Hall–Kier alpha value is -1.89. The van der Waals surface area contributed by atoms with Crippen molar-refractivity contribution in [1.82, 2.24) is 14.2 Å². The molecular formula is C27H33BrN4O4S2. The van der Waals surface area contributed by atoms with Gasteiger partial charge in [0.1, 0.15) is 0 Å². The van der Waals surface area contributed by atoms with E-state index < -0.39 is 10.0 Å². The standard InChI is InChI=1S/C27H33BrN4O4S2/c1-20-4-2-12-31(19-20)38(34,35)23-8-5-21(6-9-23)26(33)32(13-3-11-30-14-16-36-17-15-30)27-29-24-10-7-22(28)18-25(24)37-27/h5-10,18,20H,2-4,11-17,19H2,1H3. The van der Waals surface area contributed by atoms with E-state index in [0.29, 0.717) is 36.2 Å². The molecule has 0 bridgehead atoms. The average Bonchev–Trinajstić information content (AvgIpc) is 3.34. The van der Waals surface area contributed by atoms with Crippen LogP contribution in [0.25, 0.3) is 10.2 Å². The molecule has 8 nitrogen and oxygen atoms in total. The van der Waals surface area contributed by atoms with Gasteiger partial charge in [-0.25, -0.2) is 13.4 Å². The summed E-state index contributed by atoms with van der Waals surface area (Å²) >= 11 is 5.00. The molecule has 2 aliphatic rings. The summed E-state index contributed by atoms with van der Waals surface area (Å²) < 4.78 is 35.4. The maximum atomic E-state index is 13.8. The second kappa shape index (κ2) is 12.1. The van der Waals surface area contributed by atoms with Gasteiger partial charge in [-0.15, -0.1) is 0 Å². The van der Waals surface area contributed by atoms with Gasteiger partial charge < -0.3 is 4.74 Å². The lowest BCUT2D eigenvalue weighted by atomic mass is 10.0. The fourth-order valence-electron chi connectivity index (χ4n) is 5.00. The molecule has 0 spiro atoms. The number of hydrogen-bond acceptors (Lipinski definition) is 7. The second-order valence-corrected chi connectivity index (χ2v) is 13.9. The predicted octanol–water partition coefficient (Wildman–Crippen LogP) is 4.85. The number of aromatic nitrogens is 1. The molecule has 1 unspecified atom stereocenters. The van der Waals surface area contributed by atoms with Gasteiger partial charge in [-0.3, -0.25) is 14.6 Å². The van der Waals surface area contributed by atoms with Crippen LogP contribution in [-0.4, -0.2) is 81.0 Å². The summed E-state index contributed by atoms with van der Waals surface area (Å²) in [6.45, 7) is 7.81. The number of thiazole rings is 1. The van der Waals surface area contributed by atoms with Crippen LogP contribution in [0.1, 0.15) is 36.5 Å². The highest BCUT2D eigenvalue weighted by molar-refractivity contribution is 9.10. The summed E-state index contributed by atoms with van der Waals surface area (Å²) in [7, 11) is -3.58. The summed E-state index contributed by atoms with van der Waals surface area (Å²) in [6, 6.07) is 12.3. The van der Waals surface area contributed by atoms with Crippen molar-refractivity contribution in [3.05, 3.63) is 52.5 Å². The van der Waals surface area contributed by atoms with E-state index in [2.05, 4.69) is 27.8 Å². The smallest absolute Gasteiger partial charge is 0.260 e. The lowest BCUT2D eigenvalue weighted by Gasteiger charge is -2.30. The fraction of sp³-hybridized carbons (Fsp3) is 0.481. The maximum absolute atomic E-state index is 13.8. The summed E-state index contributed by atoms with van der Waals surface area (Å²) in [5, 5.41) is 0.643. The van der Waals surface area contributed by atoms with Crippen molar-refractivity contribution >= 4 is 58.5 Å². The summed E-state index contributed by atoms with van der Waals surface area (Å²) in [5.74, 6) is 0.167. The topological polar surface area (TPSA) is 83.1 Å². The first kappa shape index (κ1) is 27.7. The molecule has 3 heterocycles. The highest BCUT2D eigenvalue weighted by atomic mass is 79.9. The van der Waals surface area contributed by atoms with Crippen LogP contribution in [-0.2, 0) is 14.8 Å². The number of halogens is 1. The van der Waals surface area contributed by atoms with E-state index in [4.69, 9.17) is 9.72 Å². The predicted molar refractivity (Wildman–Crippen MR) is 154 cm³/mol. The lowest BCUT2D eigenvalue weighted by Crippen LogP contribution is -2.39. The van der Waals surface area contributed by atoms with Crippen LogP contribution in [0.15, 0.2) is 51.8 Å². The SMILES string of the molecule is CC1CCCN(S(=O)(=O)c2ccc(C(=O)N(CCCN3CCOCC3)c3nc4ccc(Br)cc4s3)cc2)C1. The van der Waals surface area contributed by atoms with E-state index >= 15 is 0 Å². The van der Waals surface area contributed by atoms with E-state index in [-0.39, 0.29) is 10.8 Å². The molecule has 0 saturated carbocycles. The zero-order valence-electron chi connectivity index (χ0n) is 21.5. The van der Waals surface area contributed by atoms with Gasteiger partial charge in [0.2, 0.25) is 10.0 Å². The average molecular weight is 622 g/mol. The number of piperidine rings is 1. The van der Waals surface area contributed by atoms with E-state index in [1.807, 2.05) is 18.2 Å². The van der Waals surface area contributed by atoms with Gasteiger partial charge in [-0.1, -0.05) is 34.2 Å². The Morgan fingerprint density at radius 3 is 2.66 bits per heavy atom. The highest BCUT2D eigenvalue weighted by Crippen LogP contribution is 2.32. The van der Waals surface area contributed by atoms with Crippen LogP contribution in [0, 0.1) is 5.92 Å². The first-order valence-corrected chi connectivity index (χ1v) is 16.1. The Morgan fingerprint density at radius 2 is 1.92 bits per heavy atom. The molecule has 1 atom stereocenters. The number of fused-ring (bicyclic) bond motifs is 1. The van der Waals surface area contributed by atoms with Gasteiger partial charge in [0.25, 0.3) is 5.91 Å². The molecule has 1 aromatic heterocycles. The molecule has 2 saturated heterocycles. The van der Waals surface area contributed by atoms with Crippen molar-refractivity contribution in [2.75, 3.05) is 57.4 Å². The number of sulfonamides is 1. The monoisotopic (exact) mass is 620 g/mol. The first-order valence-electron chi connectivity index (χ1n) is 13.1. The minimum atomic E-state index is -3.58. The van der Waals surface area contributed by atoms with Gasteiger partial charge in [0, 0.05) is 49.3 Å². The minimum Gasteiger partial charge on any atom is -0.379 e. The van der Waals surface area contributed by atoms with Gasteiger partial charge in [0.05, 0.1) is 28.3 Å². The Bertz CT molecular complexity index is 1370. The number of carbonyl (C=O) groups excluding carboxylic acids is 1. The molecule has 204 valence electrons. The third kappa shape index (κ3) is 6.29. The Morgan fingerprint density at radius 1 is 1.16 bits per heavy atom. The van der Waals surface area contributed by atoms with Crippen molar-refractivity contribution in [1.29, 1.82) is 0 Å². The number of benzene rings is 2. The number of amides is 1. The van der Waals surface area contributed by atoms with Crippen LogP contribution in [0.3, 0.4) is 0 Å². The molecule has 5 rings (SSSR count). The molecule has 0 aliphatic carbocycles. The van der Waals surface area contributed by atoms with Gasteiger partial charge in [0.15, 0.2) is 5.13 Å². The van der Waals surface area contributed by atoms with Crippen LogP contribution in [0.5, 0.6) is 0 Å². The van der Waals surface area contributed by atoms with Crippen molar-refractivity contribution in [2.45, 2.75) is 31.1 Å². The number of rotatable bonds is 8. The zero-order chi connectivity index (χ0) is 26.7. The van der Waals surface area contributed by atoms with E-state index in [1.54, 1.807) is 33.5 Å². The van der Waals surface area contributed by atoms with Crippen molar-refractivity contribution < 1.29 is 17.9 Å². The Balaban J connectivity index is 1.36. The molecule has 2 aliphatic heterocycles. The van der Waals surface area contributed by atoms with Crippen LogP contribution < -0.4 is 4.90 Å². The third-order valence-corrected chi connectivity index (χ3v) is 10.5. The largest absolute Gasteiger partial charge is 0.379 e. The number of morpholine rings is 1. The molecule has 0 N–H and O–H groups in total. The quantitative estimate of drug-likeness (QED) is 0.358. The van der Waals surface area contributed by atoms with Crippen molar-refractivity contribution in [2.24, 2.45) is 5.92 Å². The molecule has 2 fully saturated rings. The Labute approximate surface area is 236 Å². The normalized spacial score (nSPS) is 19.6. The molecule has 1 amide bonds. The zero-order valence-corrected chi connectivity index (χ0v) is 24.7. The van der Waals surface area contributed by atoms with E-state index in [0.717, 1.165) is 66.8 Å². The third-order valence-electron chi connectivity index (χ3n) is 7.13. The highest BCUT2D eigenvalue weighted by Gasteiger charge is 2.29. The number of hydrogen-bond donors (Lipinski definition) is 0. The second-order valence-electron chi connectivity index (χ2n) is 10.0. The summed E-state index contributed by atoms with van der Waals surface area (Å²) in [5.41, 5.74) is 1.29. The molecule has 11 heteroatoms. The van der Waals surface area contributed by atoms with Gasteiger partial charge in [-0.2, -0.15) is 4.31 Å². The van der Waals surface area contributed by atoms with E-state index in [1.165, 1.54) is 11.3 Å². The fourth-order valence-corrected chi connectivity index (χ4v) is 8.14. The van der Waals surface area contributed by atoms with Crippen molar-refractivity contribution in [3.63, 3.8) is 0 Å². The number of ether oxygens (including phenoxy) is 1. The summed E-state index contributed by atoms with van der Waals surface area (Å²) in [6.07, 6.45) is 2.71. The minimum absolute atomic E-state index is 0.180. The number of carbonyl (C=O) groups is 1. The number of anilines is 1. The Kier molecular flexibility index (Phi) is 8.81. The molecule has 2 aromatic carbocycles. The van der Waals surface area contributed by atoms with Gasteiger partial charge >= 0.3 is 0 Å². The molecule has 0 radical (unpaired) electrons. The van der Waals surface area contributed by atoms with Crippen LogP contribution in [0.4, 0.5) is 5.13 Å². The molecular weight excluding hydrogens is 588 g/mol.